The molecule has 0 amide bonds. The molecule has 1 aromatic carbocycles. The highest BCUT2D eigenvalue weighted by Crippen LogP contribution is 2.49. The predicted molar refractivity (Wildman–Crippen MR) is 148 cm³/mol. The van der Waals surface area contributed by atoms with Crippen LogP contribution in [0.2, 0.25) is 0 Å². The molecule has 1 saturated carbocycles. The van der Waals surface area contributed by atoms with Crippen molar-refractivity contribution in [3.63, 3.8) is 0 Å². The topological polar surface area (TPSA) is 120 Å². The van der Waals surface area contributed by atoms with E-state index in [1.165, 1.54) is 0 Å². The van der Waals surface area contributed by atoms with Crippen LogP contribution < -0.4 is 15.4 Å². The van der Waals surface area contributed by atoms with Crippen molar-refractivity contribution in [3.05, 3.63) is 59.9 Å². The Morgan fingerprint density at radius 1 is 1.18 bits per heavy atom. The summed E-state index contributed by atoms with van der Waals surface area (Å²) in [7, 11) is 1.61. The van der Waals surface area contributed by atoms with Crippen molar-refractivity contribution in [1.82, 2.24) is 14.9 Å². The number of hydrogen-bond donors (Lipinski definition) is 3. The Kier molecular flexibility index (Phi) is 7.70. The van der Waals surface area contributed by atoms with Gasteiger partial charge in [0.2, 0.25) is 11.8 Å². The highest BCUT2D eigenvalue weighted by Gasteiger charge is 2.48. The summed E-state index contributed by atoms with van der Waals surface area (Å²) in [4.78, 5) is 18.3. The molecule has 0 spiro atoms. The number of nitrogens with zero attached hydrogens (tertiary/aromatic N) is 5. The molecule has 2 saturated heterocycles. The highest BCUT2D eigenvalue weighted by atomic mass is 16.5. The molecule has 5 rings (SSSR count). The molecule has 2 aliphatic heterocycles. The lowest BCUT2D eigenvalue weighted by molar-refractivity contribution is 0.0466. The molecule has 38 heavy (non-hydrogen) atoms. The minimum Gasteiger partial charge on any atom is -0.481 e. The van der Waals surface area contributed by atoms with Crippen LogP contribution in [-0.4, -0.2) is 83.0 Å². The molecule has 9 nitrogen and oxygen atoms in total. The molecule has 1 aromatic heterocycles. The maximum absolute atomic E-state index is 11.6. The molecule has 2 atom stereocenters. The fraction of sp³-hybridized carbons (Fsp3) is 0.552. The highest BCUT2D eigenvalue weighted by molar-refractivity contribution is 6.06. The maximum atomic E-state index is 11.6. The van der Waals surface area contributed by atoms with Gasteiger partial charge in [0.05, 0.1) is 19.8 Å². The Bertz CT molecular complexity index is 1160. The monoisotopic (exact) mass is 520 g/mol. The van der Waals surface area contributed by atoms with Gasteiger partial charge in [-0.25, -0.2) is 4.98 Å². The van der Waals surface area contributed by atoms with Gasteiger partial charge in [-0.3, -0.25) is 9.89 Å². The van der Waals surface area contributed by atoms with Gasteiger partial charge in [-0.05, 0) is 37.7 Å². The van der Waals surface area contributed by atoms with Gasteiger partial charge in [0.25, 0.3) is 0 Å². The quantitative estimate of drug-likeness (QED) is 0.432. The van der Waals surface area contributed by atoms with Crippen molar-refractivity contribution in [3.8, 4) is 5.88 Å². The smallest absolute Gasteiger partial charge is 0.228 e. The van der Waals surface area contributed by atoms with Crippen molar-refractivity contribution >= 4 is 11.7 Å². The molecule has 2 aromatic rings. The molecular formula is C29H40N6O3. The van der Waals surface area contributed by atoms with E-state index in [0.29, 0.717) is 30.5 Å². The van der Waals surface area contributed by atoms with Crippen LogP contribution in [0.3, 0.4) is 0 Å². The molecule has 9 heteroatoms. The summed E-state index contributed by atoms with van der Waals surface area (Å²) in [6, 6.07) is 12.0. The van der Waals surface area contributed by atoms with Gasteiger partial charge in [0.15, 0.2) is 0 Å². The van der Waals surface area contributed by atoms with Crippen LogP contribution >= 0.6 is 0 Å². The molecular weight excluding hydrogens is 480 g/mol. The first kappa shape index (κ1) is 26.6. The van der Waals surface area contributed by atoms with Crippen molar-refractivity contribution in [2.75, 3.05) is 44.8 Å². The van der Waals surface area contributed by atoms with E-state index in [2.05, 4.69) is 33.9 Å². The molecule has 4 N–H and O–H groups in total. The van der Waals surface area contributed by atoms with E-state index >= 15 is 0 Å². The van der Waals surface area contributed by atoms with Crippen molar-refractivity contribution in [1.29, 1.82) is 0 Å². The van der Waals surface area contributed by atoms with E-state index in [9.17, 15) is 10.2 Å². The number of aromatic nitrogens is 2. The van der Waals surface area contributed by atoms with Gasteiger partial charge < -0.3 is 25.6 Å². The third-order valence-corrected chi connectivity index (χ3v) is 8.61. The summed E-state index contributed by atoms with van der Waals surface area (Å²) in [6.45, 7) is 5.10. The third-order valence-electron chi connectivity index (χ3n) is 8.61. The van der Waals surface area contributed by atoms with Crippen LogP contribution in [0.1, 0.15) is 44.6 Å². The standard InChI is InChI=1S/C29H40N6O3/c1-28(11-12-28)25(32-22-9-15-34(16-10-22)27-31-14-8-24(33-27)38-2)23(18-30)26(37)35-17-13-29(19-35,20-36)21-6-4-3-5-7-21/h3-8,14,18,22,26,36-37H,9-13,15-17,19-20,30H2,1-2H3. The fourth-order valence-corrected chi connectivity index (χ4v) is 5.82. The first-order valence-electron chi connectivity index (χ1n) is 13.6. The number of methoxy groups -OCH3 is 1. The van der Waals surface area contributed by atoms with Gasteiger partial charge in [-0.15, -0.1) is 0 Å². The minimum absolute atomic E-state index is 0.0378. The van der Waals surface area contributed by atoms with Crippen molar-refractivity contribution < 1.29 is 14.9 Å². The number of nitrogens with two attached hydrogens (primary N) is 1. The van der Waals surface area contributed by atoms with Gasteiger partial charge in [-0.2, -0.15) is 4.98 Å². The maximum Gasteiger partial charge on any atom is 0.228 e. The minimum atomic E-state index is -0.862. The average Bonchev–Trinajstić information content (AvgIpc) is 3.56. The summed E-state index contributed by atoms with van der Waals surface area (Å²) in [5.74, 6) is 1.24. The largest absolute Gasteiger partial charge is 0.481 e. The summed E-state index contributed by atoms with van der Waals surface area (Å²) >= 11 is 0. The first-order chi connectivity index (χ1) is 18.4. The predicted octanol–water partition coefficient (Wildman–Crippen LogP) is 2.49. The normalized spacial score (nSPS) is 25.4. The Morgan fingerprint density at radius 2 is 1.92 bits per heavy atom. The number of hydrogen-bond acceptors (Lipinski definition) is 9. The average molecular weight is 521 g/mol. The van der Waals surface area contributed by atoms with Gasteiger partial charge in [0, 0.05) is 66.8 Å². The number of ether oxygens (including phenoxy) is 1. The number of aliphatic hydroxyl groups is 2. The second-order valence-corrected chi connectivity index (χ2v) is 11.2. The lowest BCUT2D eigenvalue weighted by Crippen LogP contribution is -2.43. The van der Waals surface area contributed by atoms with E-state index < -0.39 is 11.6 Å². The first-order valence-corrected chi connectivity index (χ1v) is 13.6. The number of likely N-dealkylation sites (tertiary alicyclic amines) is 1. The Hall–Kier alpha value is -3.01. The van der Waals surface area contributed by atoms with Crippen molar-refractivity contribution in [2.24, 2.45) is 16.1 Å². The third kappa shape index (κ3) is 5.28. The molecule has 3 aliphatic rings. The van der Waals surface area contributed by atoms with E-state index in [1.54, 1.807) is 25.6 Å². The SMILES string of the molecule is COc1ccnc(N2CCC(N=C(C(=CN)C(O)N3CCC(CO)(c4ccccc4)C3)C3(C)CC3)CC2)n1. The van der Waals surface area contributed by atoms with Crippen molar-refractivity contribution in [2.45, 2.75) is 56.7 Å². The lowest BCUT2D eigenvalue weighted by atomic mass is 9.80. The van der Waals surface area contributed by atoms with Crippen LogP contribution in [0, 0.1) is 5.41 Å². The Balaban J connectivity index is 1.31. The number of piperidine rings is 1. The van der Waals surface area contributed by atoms with E-state index in [1.807, 2.05) is 23.1 Å². The summed E-state index contributed by atoms with van der Waals surface area (Å²) in [5.41, 5.74) is 8.48. The van der Waals surface area contributed by atoms with E-state index in [-0.39, 0.29) is 18.1 Å². The Labute approximate surface area is 225 Å². The Morgan fingerprint density at radius 3 is 2.55 bits per heavy atom. The number of anilines is 1. The fourth-order valence-electron chi connectivity index (χ4n) is 5.82. The zero-order chi connectivity index (χ0) is 26.8. The number of benzene rings is 1. The summed E-state index contributed by atoms with van der Waals surface area (Å²) < 4.78 is 5.25. The van der Waals surface area contributed by atoms with E-state index in [4.69, 9.17) is 15.5 Å². The van der Waals surface area contributed by atoms with Crippen LogP contribution in [0.5, 0.6) is 5.88 Å². The second-order valence-electron chi connectivity index (χ2n) is 11.2. The molecule has 3 fully saturated rings. The zero-order valence-electron chi connectivity index (χ0n) is 22.5. The van der Waals surface area contributed by atoms with Crippen LogP contribution in [0.15, 0.2) is 59.4 Å². The number of rotatable bonds is 9. The number of aliphatic imine (C=N–C) groups is 1. The summed E-state index contributed by atoms with van der Waals surface area (Å²) in [6.07, 6.45) is 7.01. The second kappa shape index (κ2) is 11.0. The van der Waals surface area contributed by atoms with Gasteiger partial charge >= 0.3 is 0 Å². The van der Waals surface area contributed by atoms with E-state index in [0.717, 1.165) is 56.5 Å². The lowest BCUT2D eigenvalue weighted by Gasteiger charge is -2.33. The molecule has 0 radical (unpaired) electrons. The molecule has 0 bridgehead atoms. The van der Waals surface area contributed by atoms with Gasteiger partial charge in [-0.1, -0.05) is 37.3 Å². The number of aliphatic hydroxyl groups excluding tert-OH is 2. The van der Waals surface area contributed by atoms with Crippen LogP contribution in [-0.2, 0) is 5.41 Å². The van der Waals surface area contributed by atoms with Gasteiger partial charge in [0.1, 0.15) is 6.23 Å². The zero-order valence-corrected chi connectivity index (χ0v) is 22.5. The van der Waals surface area contributed by atoms with Crippen LogP contribution in [0.4, 0.5) is 5.95 Å². The summed E-state index contributed by atoms with van der Waals surface area (Å²) in [5, 5.41) is 22.0. The molecule has 2 unspecified atom stereocenters. The molecule has 3 heterocycles. The molecule has 1 aliphatic carbocycles. The van der Waals surface area contributed by atoms with Crippen LogP contribution in [0.25, 0.3) is 0 Å². The molecule has 204 valence electrons.